The lowest BCUT2D eigenvalue weighted by molar-refractivity contribution is 0.129. The standard InChI is InChI=1S/C15H20N4O/c1-12(2)10-15(16)18-20-11-13-4-6-14(7-5-13)19-9-3-8-17-19/h3-9,12H,10-11H2,1-2H3,(H2,16,18). The topological polar surface area (TPSA) is 65.4 Å². The third kappa shape index (κ3) is 4.12. The van der Waals surface area contributed by atoms with Gasteiger partial charge in [0.05, 0.1) is 5.69 Å². The van der Waals surface area contributed by atoms with Gasteiger partial charge in [0, 0.05) is 18.8 Å². The lowest BCUT2D eigenvalue weighted by Gasteiger charge is -2.05. The summed E-state index contributed by atoms with van der Waals surface area (Å²) in [7, 11) is 0. The van der Waals surface area contributed by atoms with Crippen LogP contribution in [0.25, 0.3) is 5.69 Å². The zero-order chi connectivity index (χ0) is 14.4. The Hall–Kier alpha value is -2.30. The number of nitrogens with zero attached hydrogens (tertiary/aromatic N) is 3. The Kier molecular flexibility index (Phi) is 4.76. The summed E-state index contributed by atoms with van der Waals surface area (Å²) in [6.07, 6.45) is 4.41. The van der Waals surface area contributed by atoms with E-state index < -0.39 is 0 Å². The van der Waals surface area contributed by atoms with Crippen molar-refractivity contribution in [3.8, 4) is 5.69 Å². The molecular weight excluding hydrogens is 252 g/mol. The summed E-state index contributed by atoms with van der Waals surface area (Å²) in [5.41, 5.74) is 7.80. The van der Waals surface area contributed by atoms with Crippen molar-refractivity contribution < 1.29 is 4.84 Å². The summed E-state index contributed by atoms with van der Waals surface area (Å²) < 4.78 is 1.81. The average Bonchev–Trinajstić information content (AvgIpc) is 2.92. The Morgan fingerprint density at radius 3 is 2.70 bits per heavy atom. The zero-order valence-electron chi connectivity index (χ0n) is 11.9. The summed E-state index contributed by atoms with van der Waals surface area (Å²) in [6, 6.07) is 9.86. The van der Waals surface area contributed by atoms with Crippen molar-refractivity contribution in [3.63, 3.8) is 0 Å². The molecule has 0 fully saturated rings. The highest BCUT2D eigenvalue weighted by molar-refractivity contribution is 5.79. The van der Waals surface area contributed by atoms with Crippen molar-refractivity contribution in [1.29, 1.82) is 0 Å². The highest BCUT2D eigenvalue weighted by Crippen LogP contribution is 2.09. The molecule has 20 heavy (non-hydrogen) atoms. The Morgan fingerprint density at radius 2 is 2.10 bits per heavy atom. The number of nitrogens with two attached hydrogens (primary N) is 1. The Labute approximate surface area is 119 Å². The van der Waals surface area contributed by atoms with Crippen LogP contribution in [0, 0.1) is 5.92 Å². The van der Waals surface area contributed by atoms with Crippen LogP contribution in [-0.4, -0.2) is 15.6 Å². The molecule has 2 aromatic rings. The van der Waals surface area contributed by atoms with Crippen LogP contribution in [0.3, 0.4) is 0 Å². The predicted octanol–water partition coefficient (Wildman–Crippen LogP) is 2.71. The third-order valence-electron chi connectivity index (χ3n) is 2.74. The lowest BCUT2D eigenvalue weighted by atomic mass is 10.1. The van der Waals surface area contributed by atoms with Crippen LogP contribution in [0.5, 0.6) is 0 Å². The van der Waals surface area contributed by atoms with Gasteiger partial charge in [0.1, 0.15) is 12.4 Å². The maximum Gasteiger partial charge on any atom is 0.142 e. The second-order valence-corrected chi connectivity index (χ2v) is 5.07. The van der Waals surface area contributed by atoms with Crippen molar-refractivity contribution in [2.24, 2.45) is 16.8 Å². The van der Waals surface area contributed by atoms with Gasteiger partial charge in [-0.05, 0) is 29.7 Å². The van der Waals surface area contributed by atoms with E-state index in [1.807, 2.05) is 41.2 Å². The van der Waals surface area contributed by atoms with E-state index in [4.69, 9.17) is 10.6 Å². The number of hydrogen-bond acceptors (Lipinski definition) is 3. The molecule has 5 nitrogen and oxygen atoms in total. The van der Waals surface area contributed by atoms with Crippen molar-refractivity contribution in [1.82, 2.24) is 9.78 Å². The minimum atomic E-state index is 0.415. The second kappa shape index (κ2) is 6.75. The number of amidine groups is 1. The van der Waals surface area contributed by atoms with E-state index in [-0.39, 0.29) is 0 Å². The molecule has 0 spiro atoms. The van der Waals surface area contributed by atoms with Gasteiger partial charge in [-0.3, -0.25) is 0 Å². The summed E-state index contributed by atoms with van der Waals surface area (Å²) in [6.45, 7) is 4.60. The highest BCUT2D eigenvalue weighted by Gasteiger charge is 2.00. The maximum absolute atomic E-state index is 5.74. The maximum atomic E-state index is 5.74. The monoisotopic (exact) mass is 272 g/mol. The molecular formula is C15H20N4O. The molecule has 0 unspecified atom stereocenters. The number of aromatic nitrogens is 2. The Bertz CT molecular complexity index is 544. The van der Waals surface area contributed by atoms with Gasteiger partial charge in [-0.15, -0.1) is 0 Å². The van der Waals surface area contributed by atoms with Crippen molar-refractivity contribution in [2.45, 2.75) is 26.9 Å². The van der Waals surface area contributed by atoms with Gasteiger partial charge < -0.3 is 10.6 Å². The van der Waals surface area contributed by atoms with Gasteiger partial charge in [0.15, 0.2) is 0 Å². The quantitative estimate of drug-likeness (QED) is 0.499. The average molecular weight is 272 g/mol. The van der Waals surface area contributed by atoms with Gasteiger partial charge >= 0.3 is 0 Å². The van der Waals surface area contributed by atoms with E-state index in [1.165, 1.54) is 0 Å². The molecule has 5 heteroatoms. The fraction of sp³-hybridized carbons (Fsp3) is 0.333. The van der Waals surface area contributed by atoms with Crippen LogP contribution in [0.4, 0.5) is 0 Å². The number of benzene rings is 1. The van der Waals surface area contributed by atoms with Gasteiger partial charge in [0.2, 0.25) is 0 Å². The Balaban J connectivity index is 1.88. The van der Waals surface area contributed by atoms with Crippen molar-refractivity contribution in [2.75, 3.05) is 0 Å². The summed E-state index contributed by atoms with van der Waals surface area (Å²) >= 11 is 0. The predicted molar refractivity (Wildman–Crippen MR) is 79.4 cm³/mol. The summed E-state index contributed by atoms with van der Waals surface area (Å²) in [5, 5.41) is 8.08. The van der Waals surface area contributed by atoms with E-state index >= 15 is 0 Å². The molecule has 2 N–H and O–H groups in total. The molecule has 0 saturated heterocycles. The van der Waals surface area contributed by atoms with Crippen LogP contribution < -0.4 is 5.73 Å². The fourth-order valence-electron chi connectivity index (χ4n) is 1.81. The van der Waals surface area contributed by atoms with Gasteiger partial charge in [0.25, 0.3) is 0 Å². The van der Waals surface area contributed by atoms with E-state index in [1.54, 1.807) is 6.20 Å². The molecule has 0 aliphatic carbocycles. The molecule has 0 atom stereocenters. The van der Waals surface area contributed by atoms with Gasteiger partial charge in [-0.2, -0.15) is 5.10 Å². The minimum Gasteiger partial charge on any atom is -0.390 e. The van der Waals surface area contributed by atoms with Gasteiger partial charge in [-0.25, -0.2) is 4.68 Å². The normalized spacial score (nSPS) is 11.8. The smallest absolute Gasteiger partial charge is 0.142 e. The van der Waals surface area contributed by atoms with Gasteiger partial charge in [-0.1, -0.05) is 31.1 Å². The van der Waals surface area contributed by atoms with E-state index in [9.17, 15) is 0 Å². The molecule has 1 aromatic carbocycles. The largest absolute Gasteiger partial charge is 0.390 e. The van der Waals surface area contributed by atoms with E-state index in [2.05, 4.69) is 24.1 Å². The fourth-order valence-corrected chi connectivity index (χ4v) is 1.81. The van der Waals surface area contributed by atoms with Crippen LogP contribution in [0.2, 0.25) is 0 Å². The first-order valence-corrected chi connectivity index (χ1v) is 6.68. The highest BCUT2D eigenvalue weighted by atomic mass is 16.6. The first kappa shape index (κ1) is 14.1. The molecule has 106 valence electrons. The SMILES string of the molecule is CC(C)C/C(N)=N/OCc1ccc(-n2cccn2)cc1. The van der Waals surface area contributed by atoms with Crippen LogP contribution in [0.15, 0.2) is 47.9 Å². The molecule has 2 rings (SSSR count). The first-order valence-electron chi connectivity index (χ1n) is 6.68. The summed E-state index contributed by atoms with van der Waals surface area (Å²) in [4.78, 5) is 5.25. The molecule has 0 saturated carbocycles. The van der Waals surface area contributed by atoms with Crippen LogP contribution >= 0.6 is 0 Å². The van der Waals surface area contributed by atoms with Crippen LogP contribution in [-0.2, 0) is 11.4 Å². The zero-order valence-corrected chi connectivity index (χ0v) is 11.9. The number of rotatable bonds is 6. The second-order valence-electron chi connectivity index (χ2n) is 5.07. The third-order valence-corrected chi connectivity index (χ3v) is 2.74. The molecule has 0 radical (unpaired) electrons. The first-order chi connectivity index (χ1) is 9.65. The molecule has 0 bridgehead atoms. The number of oxime groups is 1. The minimum absolute atomic E-state index is 0.415. The van der Waals surface area contributed by atoms with Crippen LogP contribution in [0.1, 0.15) is 25.8 Å². The lowest BCUT2D eigenvalue weighted by Crippen LogP contribution is -2.14. The molecule has 0 aliphatic heterocycles. The molecule has 1 heterocycles. The summed E-state index contributed by atoms with van der Waals surface area (Å²) in [5.74, 6) is 1.02. The van der Waals surface area contributed by atoms with E-state index in [0.717, 1.165) is 17.7 Å². The van der Waals surface area contributed by atoms with Crippen molar-refractivity contribution in [3.05, 3.63) is 48.3 Å². The van der Waals surface area contributed by atoms with E-state index in [0.29, 0.717) is 18.4 Å². The molecule has 0 aliphatic rings. The molecule has 0 amide bonds. The Morgan fingerprint density at radius 1 is 1.35 bits per heavy atom. The van der Waals surface area contributed by atoms with Crippen molar-refractivity contribution >= 4 is 5.84 Å². The molecule has 1 aromatic heterocycles. The number of hydrogen-bond donors (Lipinski definition) is 1.